The fourth-order valence-electron chi connectivity index (χ4n) is 13.1. The molecular formula is C62H75Cl3N6O9S2. The molecule has 1 aliphatic heterocycles. The summed E-state index contributed by atoms with van der Waals surface area (Å²) >= 11 is 21.9. The number of carbonyl (C=O) groups is 3. The maximum atomic E-state index is 14.7. The Labute approximate surface area is 496 Å². The maximum Gasteiger partial charge on any atom is 0.306 e. The second-order valence-electron chi connectivity index (χ2n) is 25.0. The molecule has 6 aromatic rings. The zero-order valence-corrected chi connectivity index (χ0v) is 51.2. The van der Waals surface area contributed by atoms with Gasteiger partial charge >= 0.3 is 5.97 Å². The van der Waals surface area contributed by atoms with Crippen LogP contribution < -0.4 is 20.1 Å². The highest BCUT2D eigenvalue weighted by molar-refractivity contribution is 7.90. The summed E-state index contributed by atoms with van der Waals surface area (Å²) in [5, 5.41) is 18.6. The third kappa shape index (κ3) is 13.0. The van der Waals surface area contributed by atoms with E-state index in [-0.39, 0.29) is 60.7 Å². The summed E-state index contributed by atoms with van der Waals surface area (Å²) in [5.74, 6) is -1.57. The molecule has 0 spiro atoms. The molecule has 4 fully saturated rings. The lowest BCUT2D eigenvalue weighted by molar-refractivity contribution is -0.145. The van der Waals surface area contributed by atoms with Gasteiger partial charge in [0.1, 0.15) is 10.3 Å². The van der Waals surface area contributed by atoms with E-state index < -0.39 is 55.0 Å². The molecule has 10 rings (SSSR count). The molecule has 5 N–H and O–H groups in total. The van der Waals surface area contributed by atoms with Crippen molar-refractivity contribution in [2.24, 2.45) is 17.8 Å². The Kier molecular flexibility index (Phi) is 17.7. The van der Waals surface area contributed by atoms with Gasteiger partial charge in [0.2, 0.25) is 20.0 Å². The van der Waals surface area contributed by atoms with E-state index in [1.165, 1.54) is 6.42 Å². The van der Waals surface area contributed by atoms with Crippen molar-refractivity contribution in [3.63, 3.8) is 0 Å². The Morgan fingerprint density at radius 3 is 1.72 bits per heavy atom. The second-order valence-corrected chi connectivity index (χ2v) is 29.4. The summed E-state index contributed by atoms with van der Waals surface area (Å²) in [6, 6.07) is 22.4. The molecule has 0 radical (unpaired) electrons. The Morgan fingerprint density at radius 2 is 1.15 bits per heavy atom. The average molecular weight is 1220 g/mol. The number of amides is 2. The van der Waals surface area contributed by atoms with Crippen LogP contribution in [0, 0.1) is 17.8 Å². The van der Waals surface area contributed by atoms with Gasteiger partial charge in [0, 0.05) is 64.8 Å². The van der Waals surface area contributed by atoms with Crippen molar-refractivity contribution in [3.8, 4) is 22.5 Å². The van der Waals surface area contributed by atoms with Crippen LogP contribution in [0.15, 0.2) is 88.7 Å². The number of carbonyl (C=O) groups excluding carboxylic acids is 2. The molecule has 3 saturated carbocycles. The van der Waals surface area contributed by atoms with Crippen molar-refractivity contribution in [2.45, 2.75) is 183 Å². The van der Waals surface area contributed by atoms with Crippen molar-refractivity contribution in [1.29, 1.82) is 0 Å². The van der Waals surface area contributed by atoms with Crippen molar-refractivity contribution in [1.82, 2.24) is 29.2 Å². The number of halogens is 3. The third-order valence-corrected chi connectivity index (χ3v) is 21.7. The van der Waals surface area contributed by atoms with Crippen molar-refractivity contribution in [3.05, 3.63) is 105 Å². The number of aliphatic carboxylic acids is 1. The molecule has 20 heteroatoms. The minimum absolute atomic E-state index is 0.0807. The molecule has 4 aromatic carbocycles. The van der Waals surface area contributed by atoms with Gasteiger partial charge in [-0.05, 0) is 133 Å². The third-order valence-electron chi connectivity index (χ3n) is 17.0. The van der Waals surface area contributed by atoms with E-state index in [0.717, 1.165) is 57.8 Å². The van der Waals surface area contributed by atoms with E-state index >= 15 is 0 Å². The van der Waals surface area contributed by atoms with E-state index in [1.54, 1.807) is 75.4 Å². The molecule has 3 aliphatic carbocycles. The van der Waals surface area contributed by atoms with Gasteiger partial charge in [-0.1, -0.05) is 134 Å². The van der Waals surface area contributed by atoms with Crippen LogP contribution in [-0.4, -0.2) is 84.7 Å². The molecular weight excluding hydrogens is 1140 g/mol. The van der Waals surface area contributed by atoms with E-state index in [2.05, 4.69) is 20.1 Å². The summed E-state index contributed by atoms with van der Waals surface area (Å²) in [6.07, 6.45) is 12.2. The zero-order valence-electron chi connectivity index (χ0n) is 47.3. The first-order valence-corrected chi connectivity index (χ1v) is 33.0. The summed E-state index contributed by atoms with van der Waals surface area (Å²) in [6.45, 7) is 10.4. The van der Waals surface area contributed by atoms with Crippen LogP contribution in [0.2, 0.25) is 15.3 Å². The highest BCUT2D eigenvalue weighted by Crippen LogP contribution is 2.45. The predicted octanol–water partition coefficient (Wildman–Crippen LogP) is 13.1. The number of carboxylic acid groups (broad SMARTS) is 1. The predicted molar refractivity (Wildman–Crippen MR) is 324 cm³/mol. The summed E-state index contributed by atoms with van der Waals surface area (Å²) in [5.41, 5.74) is 1.26. The lowest BCUT2D eigenvalue weighted by Crippen LogP contribution is -2.49. The Morgan fingerprint density at radius 1 is 0.622 bits per heavy atom. The minimum atomic E-state index is -4.19. The smallest absolute Gasteiger partial charge is 0.306 e. The molecule has 82 heavy (non-hydrogen) atoms. The van der Waals surface area contributed by atoms with Crippen molar-refractivity contribution >= 4 is 94.2 Å². The fraction of sp³-hybridized carbons (Fsp3) is 0.500. The molecule has 2 atom stereocenters. The summed E-state index contributed by atoms with van der Waals surface area (Å²) in [4.78, 5) is 40.2. The molecule has 1 saturated heterocycles. The van der Waals surface area contributed by atoms with E-state index in [9.17, 15) is 36.3 Å². The first-order chi connectivity index (χ1) is 38.9. The van der Waals surface area contributed by atoms with Gasteiger partial charge in [0.15, 0.2) is 0 Å². The number of benzene rings is 4. The minimum Gasteiger partial charge on any atom is -0.481 e. The monoisotopic (exact) mass is 1220 g/mol. The van der Waals surface area contributed by atoms with Crippen LogP contribution in [0.1, 0.15) is 152 Å². The fourth-order valence-corrected chi connectivity index (χ4v) is 17.4. The number of hydrogen-bond acceptors (Lipinski definition) is 8. The molecule has 15 nitrogen and oxygen atoms in total. The molecule has 440 valence electrons. The highest BCUT2D eigenvalue weighted by Gasteiger charge is 2.39. The first kappa shape index (κ1) is 60.2. The number of ether oxygens (including phenoxy) is 1. The number of hydrogen-bond donors (Lipinski definition) is 5. The van der Waals surface area contributed by atoms with Gasteiger partial charge in [-0.15, -0.1) is 0 Å². The van der Waals surface area contributed by atoms with Gasteiger partial charge in [0.05, 0.1) is 49.4 Å². The number of aromatic nitrogens is 2. The molecule has 3 heterocycles. The number of fused-ring (bicyclic) bond motifs is 2. The number of nitrogens with one attached hydrogen (secondary N) is 4. The summed E-state index contributed by atoms with van der Waals surface area (Å²) in [7, 11) is -8.12. The van der Waals surface area contributed by atoms with E-state index in [1.807, 2.05) is 47.2 Å². The zero-order chi connectivity index (χ0) is 58.5. The quantitative estimate of drug-likeness (QED) is 0.0554. The largest absolute Gasteiger partial charge is 0.481 e. The van der Waals surface area contributed by atoms with Crippen molar-refractivity contribution < 1.29 is 41.1 Å². The van der Waals surface area contributed by atoms with Crippen LogP contribution in [0.4, 0.5) is 0 Å². The SMILES string of the molecule is CC(C)(C)NS(=O)(=O)c1ccc(-c2c(Cl)c(C(=O)NC3CCOC(CC(C)(C)NS(=O)(=O)c4ccc(-c5cc(C(=O)N[C@H]6C[C@H](C(=O)O)C6)c(Cl)n5CC5CCCCC5)c5ccccc45)C3)c(Cl)n2CC2CCCCC2)c2ccccc12. The molecule has 0 bridgehead atoms. The Hall–Kier alpha value is -4.98. The standard InChI is InChI=1S/C62H75Cl3N6O9S2/c1-61(2,3)68-81(76,77)51-27-25-48(44-21-13-15-23-47(44)51)55-54(63)53(57(65)71(55)36-38-18-10-7-11-19-38)59(73)66-40-28-29-80-42(32-40)34-62(4,5)69-82(78,79)52-26-24-45(43-20-12-14-22-46(43)52)50-33-49(58(72)67-41-30-39(31-41)60(74)75)56(64)70(50)35-37-16-8-6-9-17-37/h12-15,20-27,33,37-42,68-69H,6-11,16-19,28-32,34-36H2,1-5H3,(H,66,73)(H,67,72)(H,74,75)/t39-,40?,41-,42?. The molecule has 2 unspecified atom stereocenters. The van der Waals surface area contributed by atoms with Crippen LogP contribution in [0.25, 0.3) is 44.1 Å². The van der Waals surface area contributed by atoms with E-state index in [0.29, 0.717) is 101 Å². The molecule has 2 amide bonds. The topological polar surface area (TPSA) is 207 Å². The number of sulfonamides is 2. The van der Waals surface area contributed by atoms with Crippen LogP contribution >= 0.6 is 34.8 Å². The Balaban J connectivity index is 0.879. The van der Waals surface area contributed by atoms with E-state index in [4.69, 9.17) is 39.5 Å². The van der Waals surface area contributed by atoms with Crippen LogP contribution in [-0.2, 0) is 42.7 Å². The highest BCUT2D eigenvalue weighted by atomic mass is 35.5. The maximum absolute atomic E-state index is 14.7. The average Bonchev–Trinajstić information content (AvgIpc) is 2.37. The normalized spacial score (nSPS) is 20.7. The lowest BCUT2D eigenvalue weighted by Gasteiger charge is -2.35. The molecule has 2 aromatic heterocycles. The number of nitrogens with zero attached hydrogens (tertiary/aromatic N) is 2. The first-order valence-electron chi connectivity index (χ1n) is 28.9. The summed E-state index contributed by atoms with van der Waals surface area (Å²) < 4.78 is 73.0. The number of carboxylic acids is 1. The van der Waals surface area contributed by atoms with Gasteiger partial charge < -0.3 is 29.6 Å². The van der Waals surface area contributed by atoms with Gasteiger partial charge in [-0.3, -0.25) is 14.4 Å². The second kappa shape index (κ2) is 24.2. The van der Waals surface area contributed by atoms with Crippen LogP contribution in [0.5, 0.6) is 0 Å². The van der Waals surface area contributed by atoms with Crippen LogP contribution in [0.3, 0.4) is 0 Å². The van der Waals surface area contributed by atoms with Gasteiger partial charge in [-0.25, -0.2) is 26.3 Å². The van der Waals surface area contributed by atoms with Gasteiger partial charge in [-0.2, -0.15) is 0 Å². The Bertz CT molecular complexity index is 3650. The van der Waals surface area contributed by atoms with Crippen molar-refractivity contribution in [2.75, 3.05) is 6.61 Å². The molecule has 4 aliphatic rings. The lowest BCUT2D eigenvalue weighted by atomic mass is 9.80. The number of rotatable bonds is 18. The van der Waals surface area contributed by atoms with Gasteiger partial charge in [0.25, 0.3) is 11.8 Å².